The summed E-state index contributed by atoms with van der Waals surface area (Å²) in [5.74, 6) is -3.17. The molecule has 42 heavy (non-hydrogen) atoms. The molecule has 1 aromatic carbocycles. The molecule has 1 aliphatic rings. The van der Waals surface area contributed by atoms with Crippen molar-refractivity contribution < 1.29 is 48.0 Å². The van der Waals surface area contributed by atoms with Crippen LogP contribution >= 0.6 is 0 Å². The van der Waals surface area contributed by atoms with Gasteiger partial charge in [-0.1, -0.05) is 12.7 Å². The van der Waals surface area contributed by atoms with Gasteiger partial charge in [-0.25, -0.2) is 19.4 Å². The van der Waals surface area contributed by atoms with E-state index in [1.165, 1.54) is 37.5 Å². The van der Waals surface area contributed by atoms with Gasteiger partial charge in [-0.05, 0) is 63.8 Å². The maximum Gasteiger partial charge on any atom is 0.408 e. The molecule has 13 heteroatoms. The number of hydrogen-bond donors (Lipinski definition) is 3. The van der Waals surface area contributed by atoms with E-state index in [9.17, 15) is 29.1 Å². The molecule has 13 nitrogen and oxygen atoms in total. The number of aromatic nitrogens is 1. The van der Waals surface area contributed by atoms with Gasteiger partial charge in [0.05, 0.1) is 12.7 Å². The quantitative estimate of drug-likeness (QED) is 0.246. The highest BCUT2D eigenvalue weighted by Gasteiger charge is 2.26. The first-order valence-electron chi connectivity index (χ1n) is 13.0. The van der Waals surface area contributed by atoms with Crippen LogP contribution in [0.15, 0.2) is 30.8 Å². The summed E-state index contributed by atoms with van der Waals surface area (Å²) in [5.41, 5.74) is -0.959. The molecule has 0 aliphatic heterocycles. The molecule has 1 fully saturated rings. The number of methoxy groups -OCH3 is 1. The number of carboxylic acids is 1. The molecule has 2 aromatic rings. The maximum absolute atomic E-state index is 13.2. The lowest BCUT2D eigenvalue weighted by atomic mass is 9.95. The highest BCUT2D eigenvalue weighted by atomic mass is 16.7. The topological polar surface area (TPSA) is 179 Å². The Labute approximate surface area is 242 Å². The molecule has 1 saturated carbocycles. The molecule has 0 spiro atoms. The summed E-state index contributed by atoms with van der Waals surface area (Å²) >= 11 is 0. The molecule has 0 unspecified atom stereocenters. The van der Waals surface area contributed by atoms with Gasteiger partial charge in [0.1, 0.15) is 23.6 Å². The Kier molecular flexibility index (Phi) is 10.2. The predicted molar refractivity (Wildman–Crippen MR) is 149 cm³/mol. The standard InChI is InChI=1S/C29H33N3O10/c1-6-17-11-20(26(35)36)19(12-22(17)39-5)18-9-10-21(25(34)30-13-16-7-8-16)32-24(18)27(37)41-15-40-23(33)14-31-28(38)42-29(2,3)4/h6,9-12,16H,1,7-8,13-15H2,2-5H3,(H,30,34)(H,31,38)(H,35,36). The summed E-state index contributed by atoms with van der Waals surface area (Å²) in [6, 6.07) is 5.47. The zero-order valence-corrected chi connectivity index (χ0v) is 23.8. The average Bonchev–Trinajstić information content (AvgIpc) is 3.77. The van der Waals surface area contributed by atoms with Crippen molar-refractivity contribution in [2.45, 2.75) is 39.2 Å². The maximum atomic E-state index is 13.2. The third-order valence-corrected chi connectivity index (χ3v) is 5.87. The highest BCUT2D eigenvalue weighted by molar-refractivity contribution is 6.03. The van der Waals surface area contributed by atoms with Gasteiger partial charge >= 0.3 is 24.0 Å². The number of nitrogens with zero attached hydrogens (tertiary/aromatic N) is 1. The Balaban J connectivity index is 1.85. The predicted octanol–water partition coefficient (Wildman–Crippen LogP) is 3.42. The van der Waals surface area contributed by atoms with Crippen molar-refractivity contribution in [2.75, 3.05) is 27.0 Å². The van der Waals surface area contributed by atoms with Gasteiger partial charge < -0.3 is 34.7 Å². The van der Waals surface area contributed by atoms with E-state index in [2.05, 4.69) is 22.2 Å². The Morgan fingerprint density at radius 3 is 2.38 bits per heavy atom. The molecule has 3 N–H and O–H groups in total. The highest BCUT2D eigenvalue weighted by Crippen LogP contribution is 2.34. The van der Waals surface area contributed by atoms with Gasteiger partial charge in [0.2, 0.25) is 6.79 Å². The zero-order valence-electron chi connectivity index (χ0n) is 23.8. The van der Waals surface area contributed by atoms with Crippen LogP contribution in [0.2, 0.25) is 0 Å². The number of rotatable bonds is 12. The van der Waals surface area contributed by atoms with E-state index in [4.69, 9.17) is 18.9 Å². The van der Waals surface area contributed by atoms with Crippen LogP contribution in [0.1, 0.15) is 70.5 Å². The number of benzene rings is 1. The number of ether oxygens (including phenoxy) is 4. The number of alkyl carbamates (subject to hydrolysis) is 1. The number of carboxylic acid groups (broad SMARTS) is 1. The lowest BCUT2D eigenvalue weighted by molar-refractivity contribution is -0.151. The molecule has 1 heterocycles. The van der Waals surface area contributed by atoms with Crippen molar-refractivity contribution in [3.05, 3.63) is 53.4 Å². The Bertz CT molecular complexity index is 1390. The number of amides is 2. The van der Waals surface area contributed by atoms with Gasteiger partial charge in [0, 0.05) is 23.2 Å². The summed E-state index contributed by atoms with van der Waals surface area (Å²) in [4.78, 5) is 65.9. The van der Waals surface area contributed by atoms with Gasteiger partial charge in [-0.2, -0.15) is 0 Å². The number of carbonyl (C=O) groups excluding carboxylic acids is 4. The SMILES string of the molecule is C=Cc1cc(C(=O)O)c(-c2ccc(C(=O)NCC3CC3)nc2C(=O)OCOC(=O)CNC(=O)OC(C)(C)C)cc1OC. The fourth-order valence-electron chi connectivity index (χ4n) is 3.67. The minimum absolute atomic E-state index is 0.0305. The molecule has 3 rings (SSSR count). The second-order valence-corrected chi connectivity index (χ2v) is 10.3. The number of esters is 2. The van der Waals surface area contributed by atoms with Crippen LogP contribution < -0.4 is 15.4 Å². The Morgan fingerprint density at radius 1 is 1.07 bits per heavy atom. The second-order valence-electron chi connectivity index (χ2n) is 10.3. The molecule has 2 amide bonds. The van der Waals surface area contributed by atoms with E-state index in [0.717, 1.165) is 12.8 Å². The van der Waals surface area contributed by atoms with Crippen LogP contribution in [0.4, 0.5) is 4.79 Å². The van der Waals surface area contributed by atoms with Crippen LogP contribution in [-0.4, -0.2) is 72.6 Å². The van der Waals surface area contributed by atoms with Crippen LogP contribution in [0.5, 0.6) is 5.75 Å². The van der Waals surface area contributed by atoms with Crippen molar-refractivity contribution in [1.29, 1.82) is 0 Å². The van der Waals surface area contributed by atoms with Crippen LogP contribution in [-0.2, 0) is 19.0 Å². The van der Waals surface area contributed by atoms with Crippen LogP contribution in [0.3, 0.4) is 0 Å². The van der Waals surface area contributed by atoms with Crippen molar-refractivity contribution >= 4 is 36.0 Å². The first kappa shape index (κ1) is 31.6. The molecule has 224 valence electrons. The van der Waals surface area contributed by atoms with Gasteiger partial charge in [0.25, 0.3) is 5.91 Å². The van der Waals surface area contributed by atoms with E-state index in [1.54, 1.807) is 20.8 Å². The third kappa shape index (κ3) is 8.78. The fraction of sp³-hybridized carbons (Fsp3) is 0.379. The Morgan fingerprint density at radius 2 is 1.79 bits per heavy atom. The van der Waals surface area contributed by atoms with E-state index in [1.807, 2.05) is 0 Å². The number of carbonyl (C=O) groups is 5. The van der Waals surface area contributed by atoms with Crippen LogP contribution in [0, 0.1) is 5.92 Å². The van der Waals surface area contributed by atoms with Crippen LogP contribution in [0.25, 0.3) is 17.2 Å². The van der Waals surface area contributed by atoms with Crippen molar-refractivity contribution in [3.63, 3.8) is 0 Å². The number of aromatic carboxylic acids is 1. The van der Waals surface area contributed by atoms with Gasteiger partial charge in [-0.15, -0.1) is 0 Å². The number of hydrogen-bond acceptors (Lipinski definition) is 10. The summed E-state index contributed by atoms with van der Waals surface area (Å²) in [6.07, 6.45) is 2.60. The largest absolute Gasteiger partial charge is 0.496 e. The number of nitrogens with one attached hydrogen (secondary N) is 2. The first-order valence-corrected chi connectivity index (χ1v) is 13.0. The minimum Gasteiger partial charge on any atom is -0.496 e. The molecule has 0 saturated heterocycles. The van der Waals surface area contributed by atoms with Gasteiger partial charge in [-0.3, -0.25) is 9.59 Å². The second kappa shape index (κ2) is 13.6. The molecule has 1 aliphatic carbocycles. The molecule has 0 radical (unpaired) electrons. The number of pyridine rings is 1. The van der Waals surface area contributed by atoms with Crippen molar-refractivity contribution in [2.24, 2.45) is 5.92 Å². The minimum atomic E-state index is -1.30. The molecule has 1 aromatic heterocycles. The van der Waals surface area contributed by atoms with E-state index < -0.39 is 54.5 Å². The molecular weight excluding hydrogens is 550 g/mol. The molecular formula is C29H33N3O10. The van der Waals surface area contributed by atoms with Crippen molar-refractivity contribution in [3.8, 4) is 16.9 Å². The van der Waals surface area contributed by atoms with E-state index in [0.29, 0.717) is 18.0 Å². The zero-order chi connectivity index (χ0) is 31.0. The summed E-state index contributed by atoms with van der Waals surface area (Å²) < 4.78 is 20.3. The van der Waals surface area contributed by atoms with E-state index in [-0.39, 0.29) is 28.1 Å². The smallest absolute Gasteiger partial charge is 0.408 e. The molecule has 0 atom stereocenters. The lowest BCUT2D eigenvalue weighted by Crippen LogP contribution is -2.36. The van der Waals surface area contributed by atoms with E-state index >= 15 is 0 Å². The summed E-state index contributed by atoms with van der Waals surface area (Å²) in [7, 11) is 1.39. The summed E-state index contributed by atoms with van der Waals surface area (Å²) in [5, 5.41) is 14.9. The monoisotopic (exact) mass is 583 g/mol. The molecule has 0 bridgehead atoms. The van der Waals surface area contributed by atoms with Gasteiger partial charge in [0.15, 0.2) is 5.69 Å². The third-order valence-electron chi connectivity index (χ3n) is 5.87. The summed E-state index contributed by atoms with van der Waals surface area (Å²) in [6.45, 7) is 7.68. The van der Waals surface area contributed by atoms with Crippen molar-refractivity contribution in [1.82, 2.24) is 15.6 Å². The first-order chi connectivity index (χ1) is 19.8. The lowest BCUT2D eigenvalue weighted by Gasteiger charge is -2.19. The normalized spacial score (nSPS) is 12.5. The fourth-order valence-corrected chi connectivity index (χ4v) is 3.67. The Hall–Kier alpha value is -4.94. The average molecular weight is 584 g/mol.